The summed E-state index contributed by atoms with van der Waals surface area (Å²) in [6.07, 6.45) is 2.44. The summed E-state index contributed by atoms with van der Waals surface area (Å²) in [5.41, 5.74) is 0. The molecule has 1 atom stereocenters. The molecule has 1 aliphatic rings. The van der Waals surface area contributed by atoms with Crippen molar-refractivity contribution in [2.24, 2.45) is 10.9 Å². The molecular weight excluding hydrogens is 391 g/mol. The molecule has 0 bridgehead atoms. The van der Waals surface area contributed by atoms with Crippen molar-refractivity contribution in [3.8, 4) is 0 Å². The second-order valence-electron chi connectivity index (χ2n) is 6.04. The normalized spacial score (nSPS) is 18.2. The van der Waals surface area contributed by atoms with E-state index in [1.54, 1.807) is 0 Å². The predicted octanol–water partition coefficient (Wildman–Crippen LogP) is 2.31. The average molecular weight is 426 g/mol. The van der Waals surface area contributed by atoms with Crippen molar-refractivity contribution in [2.75, 3.05) is 39.9 Å². The van der Waals surface area contributed by atoms with Gasteiger partial charge >= 0.3 is 0 Å². The molecule has 1 fully saturated rings. The van der Waals surface area contributed by atoms with Crippen LogP contribution in [0.15, 0.2) is 4.99 Å². The summed E-state index contributed by atoms with van der Waals surface area (Å²) in [5, 5.41) is 6.86. The van der Waals surface area contributed by atoms with E-state index in [1.165, 1.54) is 12.8 Å². The van der Waals surface area contributed by atoms with Gasteiger partial charge in [-0.1, -0.05) is 26.7 Å². The molecule has 0 aromatic carbocycles. The van der Waals surface area contributed by atoms with Crippen LogP contribution in [0, 0.1) is 5.92 Å². The molecule has 132 valence electrons. The van der Waals surface area contributed by atoms with Crippen LogP contribution in [0.25, 0.3) is 0 Å². The molecule has 0 spiro atoms. The van der Waals surface area contributed by atoms with Crippen LogP contribution in [-0.2, 0) is 4.74 Å². The van der Waals surface area contributed by atoms with Gasteiger partial charge in [0.05, 0.1) is 13.2 Å². The standard InChI is InChI=1S/C16H34N4O.HI/c1-6-14(7-2)15(20-8-10-21-11-9-20)12-18-16(17-5)19-13(3)4;/h13-15H,6-12H2,1-5H3,(H2,17,18,19);1H. The van der Waals surface area contributed by atoms with Crippen LogP contribution in [-0.4, -0.2) is 62.8 Å². The Morgan fingerprint density at radius 1 is 1.18 bits per heavy atom. The van der Waals surface area contributed by atoms with Gasteiger partial charge in [0.2, 0.25) is 0 Å². The second kappa shape index (κ2) is 12.4. The van der Waals surface area contributed by atoms with Crippen molar-refractivity contribution in [1.29, 1.82) is 0 Å². The van der Waals surface area contributed by atoms with Gasteiger partial charge in [0, 0.05) is 38.8 Å². The molecule has 1 heterocycles. The minimum Gasteiger partial charge on any atom is -0.379 e. The van der Waals surface area contributed by atoms with Gasteiger partial charge in [0.1, 0.15) is 0 Å². The molecule has 5 nitrogen and oxygen atoms in total. The number of aliphatic imine (C=N–C) groups is 1. The van der Waals surface area contributed by atoms with Gasteiger partial charge < -0.3 is 15.4 Å². The Morgan fingerprint density at radius 2 is 1.77 bits per heavy atom. The summed E-state index contributed by atoms with van der Waals surface area (Å²) in [5.74, 6) is 1.61. The highest BCUT2D eigenvalue weighted by Crippen LogP contribution is 2.19. The van der Waals surface area contributed by atoms with Crippen LogP contribution < -0.4 is 10.6 Å². The fourth-order valence-corrected chi connectivity index (χ4v) is 3.01. The Kier molecular flexibility index (Phi) is 12.3. The molecule has 1 saturated heterocycles. The fraction of sp³-hybridized carbons (Fsp3) is 0.938. The van der Waals surface area contributed by atoms with Crippen molar-refractivity contribution in [3.63, 3.8) is 0 Å². The number of morpholine rings is 1. The highest BCUT2D eigenvalue weighted by Gasteiger charge is 2.26. The Hall–Kier alpha value is -0.0800. The van der Waals surface area contributed by atoms with Crippen LogP contribution >= 0.6 is 24.0 Å². The molecule has 1 aliphatic heterocycles. The van der Waals surface area contributed by atoms with Crippen LogP contribution in [0.2, 0.25) is 0 Å². The fourth-order valence-electron chi connectivity index (χ4n) is 3.01. The van der Waals surface area contributed by atoms with Crippen molar-refractivity contribution in [3.05, 3.63) is 0 Å². The molecule has 0 aliphatic carbocycles. The van der Waals surface area contributed by atoms with Gasteiger partial charge in [-0.15, -0.1) is 24.0 Å². The summed E-state index contributed by atoms with van der Waals surface area (Å²) in [7, 11) is 1.83. The second-order valence-corrected chi connectivity index (χ2v) is 6.04. The van der Waals surface area contributed by atoms with E-state index >= 15 is 0 Å². The van der Waals surface area contributed by atoms with Gasteiger partial charge in [-0.3, -0.25) is 9.89 Å². The Bertz CT molecular complexity index is 303. The SMILES string of the molecule is CCC(CC)C(CNC(=NC)NC(C)C)N1CCOCC1.I. The van der Waals surface area contributed by atoms with Gasteiger partial charge in [0.25, 0.3) is 0 Å². The van der Waals surface area contributed by atoms with E-state index in [2.05, 4.69) is 48.2 Å². The number of nitrogens with zero attached hydrogens (tertiary/aromatic N) is 2. The quantitative estimate of drug-likeness (QED) is 0.373. The average Bonchev–Trinajstić information content (AvgIpc) is 2.50. The highest BCUT2D eigenvalue weighted by atomic mass is 127. The molecule has 1 unspecified atom stereocenters. The molecule has 1 rings (SSSR count). The molecule has 0 aromatic rings. The maximum atomic E-state index is 5.50. The van der Waals surface area contributed by atoms with Crippen molar-refractivity contribution >= 4 is 29.9 Å². The van der Waals surface area contributed by atoms with Gasteiger partial charge in [-0.05, 0) is 19.8 Å². The lowest BCUT2D eigenvalue weighted by atomic mass is 9.92. The zero-order valence-electron chi connectivity index (χ0n) is 14.9. The Balaban J connectivity index is 0.00000441. The van der Waals surface area contributed by atoms with E-state index in [4.69, 9.17) is 4.74 Å². The molecule has 2 N–H and O–H groups in total. The van der Waals surface area contributed by atoms with E-state index in [0.717, 1.165) is 38.8 Å². The van der Waals surface area contributed by atoms with Gasteiger partial charge in [0.15, 0.2) is 5.96 Å². The van der Waals surface area contributed by atoms with Gasteiger partial charge in [-0.25, -0.2) is 0 Å². The monoisotopic (exact) mass is 426 g/mol. The minimum atomic E-state index is 0. The number of halogens is 1. The van der Waals surface area contributed by atoms with E-state index in [-0.39, 0.29) is 24.0 Å². The first-order chi connectivity index (χ1) is 10.1. The van der Waals surface area contributed by atoms with Crippen LogP contribution in [0.4, 0.5) is 0 Å². The minimum absolute atomic E-state index is 0. The number of rotatable bonds is 7. The van der Waals surface area contributed by atoms with Crippen LogP contribution in [0.5, 0.6) is 0 Å². The first-order valence-corrected chi connectivity index (χ1v) is 8.41. The summed E-state index contributed by atoms with van der Waals surface area (Å²) < 4.78 is 5.50. The number of hydrogen-bond donors (Lipinski definition) is 2. The number of ether oxygens (including phenoxy) is 1. The summed E-state index contributed by atoms with van der Waals surface area (Å²) in [6.45, 7) is 13.6. The zero-order chi connectivity index (χ0) is 15.7. The van der Waals surface area contributed by atoms with Gasteiger partial charge in [-0.2, -0.15) is 0 Å². The molecule has 0 amide bonds. The van der Waals surface area contributed by atoms with Crippen molar-refractivity contribution in [2.45, 2.75) is 52.6 Å². The van der Waals surface area contributed by atoms with E-state index in [9.17, 15) is 0 Å². The number of nitrogens with one attached hydrogen (secondary N) is 2. The summed E-state index contributed by atoms with van der Waals surface area (Å²) in [6, 6.07) is 0.945. The molecule has 0 radical (unpaired) electrons. The van der Waals surface area contributed by atoms with Crippen molar-refractivity contribution < 1.29 is 4.74 Å². The van der Waals surface area contributed by atoms with Crippen LogP contribution in [0.1, 0.15) is 40.5 Å². The third-order valence-electron chi connectivity index (χ3n) is 4.24. The number of guanidine groups is 1. The summed E-state index contributed by atoms with van der Waals surface area (Å²) >= 11 is 0. The smallest absolute Gasteiger partial charge is 0.191 e. The van der Waals surface area contributed by atoms with E-state index in [1.807, 2.05) is 7.05 Å². The first kappa shape index (κ1) is 21.9. The lowest BCUT2D eigenvalue weighted by Crippen LogP contribution is -2.53. The third kappa shape index (κ3) is 7.46. The largest absolute Gasteiger partial charge is 0.379 e. The molecule has 0 saturated carbocycles. The Labute approximate surface area is 153 Å². The molecule has 6 heteroatoms. The number of hydrogen-bond acceptors (Lipinski definition) is 3. The molecule has 22 heavy (non-hydrogen) atoms. The Morgan fingerprint density at radius 3 is 2.23 bits per heavy atom. The first-order valence-electron chi connectivity index (χ1n) is 8.41. The predicted molar refractivity (Wildman–Crippen MR) is 105 cm³/mol. The molecular formula is C16H35IN4O. The van der Waals surface area contributed by atoms with E-state index < -0.39 is 0 Å². The lowest BCUT2D eigenvalue weighted by Gasteiger charge is -2.39. The highest BCUT2D eigenvalue weighted by molar-refractivity contribution is 14.0. The zero-order valence-corrected chi connectivity index (χ0v) is 17.2. The molecule has 0 aromatic heterocycles. The summed E-state index contributed by atoms with van der Waals surface area (Å²) in [4.78, 5) is 6.89. The maximum absolute atomic E-state index is 5.50. The third-order valence-corrected chi connectivity index (χ3v) is 4.24. The van der Waals surface area contributed by atoms with Crippen LogP contribution in [0.3, 0.4) is 0 Å². The van der Waals surface area contributed by atoms with Crippen molar-refractivity contribution in [1.82, 2.24) is 15.5 Å². The lowest BCUT2D eigenvalue weighted by molar-refractivity contribution is 0.00271. The topological polar surface area (TPSA) is 48.9 Å². The van der Waals surface area contributed by atoms with E-state index in [0.29, 0.717) is 18.0 Å². The maximum Gasteiger partial charge on any atom is 0.191 e.